The van der Waals surface area contributed by atoms with E-state index in [1.54, 1.807) is 6.33 Å². The second-order valence-corrected chi connectivity index (χ2v) is 9.82. The summed E-state index contributed by atoms with van der Waals surface area (Å²) < 4.78 is 9.42. The summed E-state index contributed by atoms with van der Waals surface area (Å²) in [5, 5.41) is 8.89. The molecule has 1 aromatic carbocycles. The summed E-state index contributed by atoms with van der Waals surface area (Å²) in [6.07, 6.45) is 5.18. The topological polar surface area (TPSA) is 77.5 Å². The SMILES string of the molecule is Cc1c(C(=NCCC(=O)N2CCC3(COC3)C2)c2ccc(Cl)cc2)c(-n2cnnc2C)cn1C. The Balaban J connectivity index is 1.45. The average Bonchev–Trinajstić information content (AvgIpc) is 3.50. The molecule has 0 aliphatic carbocycles. The highest BCUT2D eigenvalue weighted by atomic mass is 35.5. The van der Waals surface area contributed by atoms with E-state index < -0.39 is 0 Å². The minimum Gasteiger partial charge on any atom is -0.380 e. The first kappa shape index (κ1) is 22.8. The van der Waals surface area contributed by atoms with Crippen LogP contribution in [0.1, 0.15) is 35.5 Å². The summed E-state index contributed by atoms with van der Waals surface area (Å²) in [5.74, 6) is 0.947. The second kappa shape index (κ2) is 9.00. The van der Waals surface area contributed by atoms with Gasteiger partial charge in [-0.05, 0) is 32.4 Å². The molecule has 0 atom stereocenters. The highest BCUT2D eigenvalue weighted by molar-refractivity contribution is 6.30. The second-order valence-electron chi connectivity index (χ2n) is 9.38. The lowest BCUT2D eigenvalue weighted by Gasteiger charge is -2.37. The smallest absolute Gasteiger partial charge is 0.224 e. The predicted octanol–water partition coefficient (Wildman–Crippen LogP) is 3.35. The van der Waals surface area contributed by atoms with Crippen molar-refractivity contribution in [3.05, 3.63) is 64.5 Å². The van der Waals surface area contributed by atoms with Gasteiger partial charge >= 0.3 is 0 Å². The molecule has 8 nitrogen and oxygen atoms in total. The number of benzene rings is 1. The van der Waals surface area contributed by atoms with Crippen LogP contribution in [0.15, 0.2) is 41.8 Å². The lowest BCUT2D eigenvalue weighted by atomic mass is 9.85. The van der Waals surface area contributed by atoms with Crippen LogP contribution in [-0.4, -0.2) is 68.7 Å². The minimum atomic E-state index is 0.155. The van der Waals surface area contributed by atoms with Gasteiger partial charge in [0, 0.05) is 66.6 Å². The molecule has 178 valence electrons. The number of halogens is 1. The van der Waals surface area contributed by atoms with E-state index in [2.05, 4.69) is 27.9 Å². The molecule has 34 heavy (non-hydrogen) atoms. The Morgan fingerprint density at radius 3 is 2.62 bits per heavy atom. The third kappa shape index (κ3) is 4.16. The van der Waals surface area contributed by atoms with Gasteiger partial charge in [0.25, 0.3) is 0 Å². The van der Waals surface area contributed by atoms with E-state index in [1.807, 2.05) is 47.7 Å². The summed E-state index contributed by atoms with van der Waals surface area (Å²) in [6.45, 7) is 7.56. The van der Waals surface area contributed by atoms with Crippen LogP contribution in [0, 0.1) is 19.3 Å². The molecule has 2 saturated heterocycles. The van der Waals surface area contributed by atoms with E-state index in [0.29, 0.717) is 18.0 Å². The zero-order valence-corrected chi connectivity index (χ0v) is 20.5. The van der Waals surface area contributed by atoms with E-state index in [0.717, 1.165) is 66.8 Å². The Morgan fingerprint density at radius 2 is 2.00 bits per heavy atom. The van der Waals surface area contributed by atoms with E-state index in [4.69, 9.17) is 21.3 Å². The van der Waals surface area contributed by atoms with Crippen LogP contribution in [-0.2, 0) is 16.6 Å². The first-order valence-corrected chi connectivity index (χ1v) is 11.9. The molecule has 2 aliphatic heterocycles. The number of aryl methyl sites for hydroxylation is 2. The number of hydrogen-bond acceptors (Lipinski definition) is 5. The first-order valence-electron chi connectivity index (χ1n) is 11.6. The molecule has 2 aliphatic rings. The molecule has 0 unspecified atom stereocenters. The van der Waals surface area contributed by atoms with Gasteiger partial charge in [-0.1, -0.05) is 23.7 Å². The maximum atomic E-state index is 12.9. The van der Waals surface area contributed by atoms with Crippen molar-refractivity contribution in [1.82, 2.24) is 24.2 Å². The van der Waals surface area contributed by atoms with Gasteiger partial charge in [-0.15, -0.1) is 10.2 Å². The molecule has 4 heterocycles. The molecule has 0 N–H and O–H groups in total. The fourth-order valence-electron chi connectivity index (χ4n) is 4.83. The molecular weight excluding hydrogens is 452 g/mol. The molecule has 0 radical (unpaired) electrons. The van der Waals surface area contributed by atoms with Gasteiger partial charge in [-0.25, -0.2) is 0 Å². The largest absolute Gasteiger partial charge is 0.380 e. The zero-order valence-electron chi connectivity index (χ0n) is 19.8. The Labute approximate surface area is 204 Å². The van der Waals surface area contributed by atoms with Crippen molar-refractivity contribution in [3.8, 4) is 5.69 Å². The number of aliphatic imine (C=N–C) groups is 1. The van der Waals surface area contributed by atoms with Crippen LogP contribution in [0.5, 0.6) is 0 Å². The lowest BCUT2D eigenvalue weighted by molar-refractivity contribution is -0.134. The molecule has 1 amide bonds. The molecule has 1 spiro atoms. The van der Waals surface area contributed by atoms with Crippen LogP contribution < -0.4 is 0 Å². The molecule has 3 aromatic rings. The molecule has 9 heteroatoms. The Hall–Kier alpha value is -2.97. The van der Waals surface area contributed by atoms with Crippen LogP contribution >= 0.6 is 11.6 Å². The maximum Gasteiger partial charge on any atom is 0.224 e. The highest BCUT2D eigenvalue weighted by Gasteiger charge is 2.45. The van der Waals surface area contributed by atoms with Gasteiger partial charge in [0.15, 0.2) is 0 Å². The van der Waals surface area contributed by atoms with Crippen molar-refractivity contribution in [2.75, 3.05) is 32.8 Å². The number of carbonyl (C=O) groups excluding carboxylic acids is 1. The van der Waals surface area contributed by atoms with E-state index in [-0.39, 0.29) is 11.3 Å². The maximum absolute atomic E-state index is 12.9. The quantitative estimate of drug-likeness (QED) is 0.507. The number of ether oxygens (including phenoxy) is 1. The Bertz CT molecular complexity index is 1240. The summed E-state index contributed by atoms with van der Waals surface area (Å²) in [6, 6.07) is 7.67. The van der Waals surface area contributed by atoms with Gasteiger partial charge < -0.3 is 14.2 Å². The molecule has 0 bridgehead atoms. The number of nitrogens with zero attached hydrogens (tertiary/aromatic N) is 6. The van der Waals surface area contributed by atoms with Gasteiger partial charge in [0.2, 0.25) is 5.91 Å². The summed E-state index contributed by atoms with van der Waals surface area (Å²) in [5.41, 5.74) is 4.98. The van der Waals surface area contributed by atoms with Crippen molar-refractivity contribution in [2.45, 2.75) is 26.7 Å². The van der Waals surface area contributed by atoms with Gasteiger partial charge in [-0.3, -0.25) is 14.4 Å². The number of hydrogen-bond donors (Lipinski definition) is 0. The molecule has 0 saturated carbocycles. The van der Waals surface area contributed by atoms with Crippen molar-refractivity contribution < 1.29 is 9.53 Å². The third-order valence-electron chi connectivity index (χ3n) is 7.00. The Morgan fingerprint density at radius 1 is 1.24 bits per heavy atom. The van der Waals surface area contributed by atoms with E-state index in [9.17, 15) is 4.79 Å². The van der Waals surface area contributed by atoms with Crippen LogP contribution in [0.2, 0.25) is 5.02 Å². The lowest BCUT2D eigenvalue weighted by Crippen LogP contribution is -2.45. The molecule has 2 aromatic heterocycles. The van der Waals surface area contributed by atoms with Gasteiger partial charge in [0.05, 0.1) is 24.6 Å². The first-order chi connectivity index (χ1) is 16.4. The highest BCUT2D eigenvalue weighted by Crippen LogP contribution is 2.37. The number of likely N-dealkylation sites (tertiary alicyclic amines) is 1. The van der Waals surface area contributed by atoms with E-state index >= 15 is 0 Å². The molecule has 2 fully saturated rings. The summed E-state index contributed by atoms with van der Waals surface area (Å²) >= 11 is 6.17. The molecule has 5 rings (SSSR count). The average molecular weight is 481 g/mol. The van der Waals surface area contributed by atoms with Crippen molar-refractivity contribution in [1.29, 1.82) is 0 Å². The van der Waals surface area contributed by atoms with E-state index in [1.165, 1.54) is 0 Å². The number of amides is 1. The van der Waals surface area contributed by atoms with Crippen LogP contribution in [0.4, 0.5) is 0 Å². The number of aromatic nitrogens is 4. The van der Waals surface area contributed by atoms with Crippen molar-refractivity contribution in [2.24, 2.45) is 17.5 Å². The number of rotatable bonds is 6. The minimum absolute atomic E-state index is 0.155. The van der Waals surface area contributed by atoms with Gasteiger partial charge in [0.1, 0.15) is 12.2 Å². The van der Waals surface area contributed by atoms with Crippen LogP contribution in [0.3, 0.4) is 0 Å². The summed E-state index contributed by atoms with van der Waals surface area (Å²) in [4.78, 5) is 19.9. The molecular formula is C25H29ClN6O2. The van der Waals surface area contributed by atoms with Crippen molar-refractivity contribution >= 4 is 23.2 Å². The predicted molar refractivity (Wildman–Crippen MR) is 131 cm³/mol. The van der Waals surface area contributed by atoms with Gasteiger partial charge in [-0.2, -0.15) is 0 Å². The fourth-order valence-corrected chi connectivity index (χ4v) is 4.96. The Kier molecular flexibility index (Phi) is 6.04. The monoisotopic (exact) mass is 480 g/mol. The zero-order chi connectivity index (χ0) is 23.9. The summed E-state index contributed by atoms with van der Waals surface area (Å²) in [7, 11) is 2.01. The fraction of sp³-hybridized carbons (Fsp3) is 0.440. The van der Waals surface area contributed by atoms with Crippen LogP contribution in [0.25, 0.3) is 5.69 Å². The standard InChI is InChI=1S/C25H29ClN6O2/c1-17-23(21(12-30(17)3)32-16-28-29-18(32)2)24(19-4-6-20(26)7-5-19)27-10-8-22(33)31-11-9-25(13-31)14-34-15-25/h4-7,12,16H,8-11,13-15H2,1-3H3. The number of carbonyl (C=O) groups is 1. The normalized spacial score (nSPS) is 17.4. The third-order valence-corrected chi connectivity index (χ3v) is 7.25. The van der Waals surface area contributed by atoms with Crippen molar-refractivity contribution in [3.63, 3.8) is 0 Å².